The summed E-state index contributed by atoms with van der Waals surface area (Å²) in [6.45, 7) is 0.858. The molecule has 0 bridgehead atoms. The molecule has 2 aromatic carbocycles. The molecule has 1 fully saturated rings. The highest BCUT2D eigenvalue weighted by atomic mass is 35.5. The van der Waals surface area contributed by atoms with Crippen LogP contribution < -0.4 is 5.32 Å². The lowest BCUT2D eigenvalue weighted by Gasteiger charge is -2.17. The van der Waals surface area contributed by atoms with Gasteiger partial charge < -0.3 is 10.4 Å². The van der Waals surface area contributed by atoms with Crippen molar-refractivity contribution in [3.8, 4) is 5.75 Å². The van der Waals surface area contributed by atoms with E-state index in [0.717, 1.165) is 31.0 Å². The number of sulfonamides is 1. The normalized spacial score (nSPS) is 15.2. The molecular weight excluding hydrogens is 383 g/mol. The predicted octanol–water partition coefficient (Wildman–Crippen LogP) is 3.22. The Hall–Kier alpha value is -2.16. The molecule has 1 amide bonds. The van der Waals surface area contributed by atoms with Gasteiger partial charge in [0.25, 0.3) is 5.91 Å². The lowest BCUT2D eigenvalue weighted by Crippen LogP contribution is -2.28. The molecule has 0 unspecified atom stereocenters. The van der Waals surface area contributed by atoms with E-state index >= 15 is 0 Å². The number of nitrogens with zero attached hydrogens (tertiary/aromatic N) is 1. The maximum absolute atomic E-state index is 13.8. The van der Waals surface area contributed by atoms with E-state index in [9.17, 15) is 22.7 Å². The third-order valence-electron chi connectivity index (χ3n) is 4.09. The first-order valence-corrected chi connectivity index (χ1v) is 9.70. The zero-order chi connectivity index (χ0) is 18.9. The number of amides is 1. The van der Waals surface area contributed by atoms with Crippen molar-refractivity contribution in [3.05, 3.63) is 52.8 Å². The number of rotatable bonds is 4. The second-order valence-corrected chi connectivity index (χ2v) is 8.24. The number of halogens is 2. The monoisotopic (exact) mass is 398 g/mol. The summed E-state index contributed by atoms with van der Waals surface area (Å²) in [6, 6.07) is 7.09. The van der Waals surface area contributed by atoms with Crippen LogP contribution in [0, 0.1) is 5.82 Å². The van der Waals surface area contributed by atoms with Crippen molar-refractivity contribution >= 4 is 33.2 Å². The Morgan fingerprint density at radius 3 is 2.54 bits per heavy atom. The molecular formula is C17H16ClFN2O4S. The van der Waals surface area contributed by atoms with Gasteiger partial charge in [-0.1, -0.05) is 11.6 Å². The SMILES string of the molecule is O=C(Nc1cc(S(=O)(=O)N2CCCC2)ccc1O)c1cc(Cl)ccc1F. The average molecular weight is 399 g/mol. The molecule has 0 aliphatic carbocycles. The molecule has 3 rings (SSSR count). The van der Waals surface area contributed by atoms with E-state index < -0.39 is 21.7 Å². The van der Waals surface area contributed by atoms with Crippen molar-refractivity contribution in [2.75, 3.05) is 18.4 Å². The van der Waals surface area contributed by atoms with Crippen LogP contribution in [0.4, 0.5) is 10.1 Å². The highest BCUT2D eigenvalue weighted by Gasteiger charge is 2.28. The van der Waals surface area contributed by atoms with Gasteiger partial charge in [-0.15, -0.1) is 0 Å². The minimum Gasteiger partial charge on any atom is -0.506 e. The van der Waals surface area contributed by atoms with Gasteiger partial charge in [0.2, 0.25) is 10.0 Å². The quantitative estimate of drug-likeness (QED) is 0.774. The van der Waals surface area contributed by atoms with Crippen LogP contribution in [0.3, 0.4) is 0 Å². The van der Waals surface area contributed by atoms with E-state index in [4.69, 9.17) is 11.6 Å². The average Bonchev–Trinajstić information content (AvgIpc) is 3.14. The van der Waals surface area contributed by atoms with E-state index in [0.29, 0.717) is 13.1 Å². The van der Waals surface area contributed by atoms with Crippen LogP contribution in [-0.4, -0.2) is 36.8 Å². The molecule has 6 nitrogen and oxygen atoms in total. The van der Waals surface area contributed by atoms with Crippen LogP contribution in [0.5, 0.6) is 5.75 Å². The van der Waals surface area contributed by atoms with Gasteiger partial charge in [0.15, 0.2) is 0 Å². The van der Waals surface area contributed by atoms with Gasteiger partial charge in [0, 0.05) is 18.1 Å². The zero-order valence-corrected chi connectivity index (χ0v) is 15.1. The Morgan fingerprint density at radius 2 is 1.85 bits per heavy atom. The van der Waals surface area contributed by atoms with Gasteiger partial charge in [-0.05, 0) is 49.2 Å². The Morgan fingerprint density at radius 1 is 1.15 bits per heavy atom. The molecule has 1 heterocycles. The fourth-order valence-electron chi connectivity index (χ4n) is 2.71. The van der Waals surface area contributed by atoms with Crippen LogP contribution in [0.25, 0.3) is 0 Å². The number of anilines is 1. The Kier molecular flexibility index (Phi) is 5.17. The standard InChI is InChI=1S/C17H16ClFN2O4S/c18-11-3-5-14(19)13(9-11)17(23)20-15-10-12(4-6-16(15)22)26(24,25)21-7-1-2-8-21/h3-6,9-10,22H,1-2,7-8H2,(H,20,23). The van der Waals surface area contributed by atoms with Crippen molar-refractivity contribution < 1.29 is 22.7 Å². The zero-order valence-electron chi connectivity index (χ0n) is 13.6. The summed E-state index contributed by atoms with van der Waals surface area (Å²) in [5.41, 5.74) is -0.445. The molecule has 0 saturated carbocycles. The fraction of sp³-hybridized carbons (Fsp3) is 0.235. The summed E-state index contributed by atoms with van der Waals surface area (Å²) in [6.07, 6.45) is 1.57. The number of hydrogen-bond acceptors (Lipinski definition) is 4. The first kappa shape index (κ1) is 18.6. The largest absolute Gasteiger partial charge is 0.506 e. The Bertz CT molecular complexity index is 959. The molecule has 1 saturated heterocycles. The first-order valence-electron chi connectivity index (χ1n) is 7.88. The number of carbonyl (C=O) groups excluding carboxylic acids is 1. The lowest BCUT2D eigenvalue weighted by atomic mass is 10.2. The number of aromatic hydroxyl groups is 1. The van der Waals surface area contributed by atoms with Crippen LogP contribution in [0.1, 0.15) is 23.2 Å². The third-order valence-corrected chi connectivity index (χ3v) is 6.22. The van der Waals surface area contributed by atoms with Crippen molar-refractivity contribution in [2.24, 2.45) is 0 Å². The van der Waals surface area contributed by atoms with Gasteiger partial charge >= 0.3 is 0 Å². The molecule has 2 N–H and O–H groups in total. The molecule has 0 aromatic heterocycles. The van der Waals surface area contributed by atoms with Crippen molar-refractivity contribution in [2.45, 2.75) is 17.7 Å². The third kappa shape index (κ3) is 3.67. The van der Waals surface area contributed by atoms with E-state index in [1.54, 1.807) is 0 Å². The number of hydrogen-bond donors (Lipinski definition) is 2. The maximum Gasteiger partial charge on any atom is 0.258 e. The predicted molar refractivity (Wildman–Crippen MR) is 95.5 cm³/mol. The summed E-state index contributed by atoms with van der Waals surface area (Å²) in [7, 11) is -3.72. The molecule has 2 aromatic rings. The lowest BCUT2D eigenvalue weighted by molar-refractivity contribution is 0.102. The van der Waals surface area contributed by atoms with E-state index in [-0.39, 0.29) is 26.9 Å². The van der Waals surface area contributed by atoms with Gasteiger partial charge in [-0.3, -0.25) is 4.79 Å². The van der Waals surface area contributed by atoms with Crippen LogP contribution in [-0.2, 0) is 10.0 Å². The number of nitrogens with one attached hydrogen (secondary N) is 1. The minimum absolute atomic E-state index is 0.0564. The second kappa shape index (κ2) is 7.22. The van der Waals surface area contributed by atoms with Gasteiger partial charge in [0.05, 0.1) is 16.1 Å². The first-order chi connectivity index (χ1) is 12.3. The maximum atomic E-state index is 13.8. The highest BCUT2D eigenvalue weighted by Crippen LogP contribution is 2.30. The van der Waals surface area contributed by atoms with Gasteiger partial charge in [-0.2, -0.15) is 4.31 Å². The number of benzene rings is 2. The molecule has 138 valence electrons. The molecule has 1 aliphatic rings. The molecule has 26 heavy (non-hydrogen) atoms. The van der Waals surface area contributed by atoms with Gasteiger partial charge in [0.1, 0.15) is 11.6 Å². The summed E-state index contributed by atoms with van der Waals surface area (Å²) in [5.74, 6) is -1.97. The molecule has 9 heteroatoms. The summed E-state index contributed by atoms with van der Waals surface area (Å²) in [4.78, 5) is 12.2. The van der Waals surface area contributed by atoms with E-state index in [1.165, 1.54) is 22.5 Å². The summed E-state index contributed by atoms with van der Waals surface area (Å²) in [5, 5.41) is 12.4. The Balaban J connectivity index is 1.91. The van der Waals surface area contributed by atoms with Crippen LogP contribution in [0.15, 0.2) is 41.3 Å². The number of phenolic OH excluding ortho intramolecular Hbond substituents is 1. The summed E-state index contributed by atoms with van der Waals surface area (Å²) < 4.78 is 40.4. The summed E-state index contributed by atoms with van der Waals surface area (Å²) >= 11 is 5.77. The van der Waals surface area contributed by atoms with Crippen LogP contribution >= 0.6 is 11.6 Å². The van der Waals surface area contributed by atoms with E-state index in [1.807, 2.05) is 0 Å². The topological polar surface area (TPSA) is 86.7 Å². The van der Waals surface area contributed by atoms with Crippen molar-refractivity contribution in [1.29, 1.82) is 0 Å². The smallest absolute Gasteiger partial charge is 0.258 e. The van der Waals surface area contributed by atoms with Crippen LogP contribution in [0.2, 0.25) is 5.02 Å². The van der Waals surface area contributed by atoms with Gasteiger partial charge in [-0.25, -0.2) is 12.8 Å². The molecule has 0 radical (unpaired) electrons. The molecule has 0 atom stereocenters. The fourth-order valence-corrected chi connectivity index (χ4v) is 4.43. The van der Waals surface area contributed by atoms with E-state index in [2.05, 4.69) is 5.32 Å². The number of carbonyl (C=O) groups is 1. The minimum atomic E-state index is -3.72. The number of phenols is 1. The molecule has 0 spiro atoms. The Labute approximate surface area is 155 Å². The van der Waals surface area contributed by atoms with Crippen molar-refractivity contribution in [3.63, 3.8) is 0 Å². The molecule has 1 aliphatic heterocycles. The highest BCUT2D eigenvalue weighted by molar-refractivity contribution is 7.89. The second-order valence-electron chi connectivity index (χ2n) is 5.87. The van der Waals surface area contributed by atoms with Crippen molar-refractivity contribution in [1.82, 2.24) is 4.31 Å².